The zero-order valence-corrected chi connectivity index (χ0v) is 11.6. The molecule has 104 valence electrons. The summed E-state index contributed by atoms with van der Waals surface area (Å²) in [4.78, 5) is 11.0. The van der Waals surface area contributed by atoms with Gasteiger partial charge in [-0.3, -0.25) is 9.52 Å². The summed E-state index contributed by atoms with van der Waals surface area (Å²) in [7, 11) is -3.62. The number of sulfonamides is 1. The molecule has 6 heteroatoms. The number of benzene rings is 2. The van der Waals surface area contributed by atoms with Crippen LogP contribution in [0.4, 0.5) is 11.4 Å². The standard InChI is InChI=1S/C14H14N2O3S/c1-11(17)15-12-7-9-14(10-8-12)20(18,19)16-13-5-3-2-4-6-13/h2-10,16H,1H3,(H,15,17). The molecule has 0 heterocycles. The minimum Gasteiger partial charge on any atom is -0.326 e. The lowest BCUT2D eigenvalue weighted by molar-refractivity contribution is -0.114. The van der Waals surface area contributed by atoms with Crippen molar-refractivity contribution in [3.05, 3.63) is 54.6 Å². The first kappa shape index (κ1) is 14.1. The summed E-state index contributed by atoms with van der Waals surface area (Å²) < 4.78 is 26.8. The summed E-state index contributed by atoms with van der Waals surface area (Å²) in [6, 6.07) is 14.6. The van der Waals surface area contributed by atoms with Gasteiger partial charge in [0.25, 0.3) is 10.0 Å². The van der Waals surface area contributed by atoms with Gasteiger partial charge >= 0.3 is 0 Å². The van der Waals surface area contributed by atoms with Crippen LogP contribution in [0.15, 0.2) is 59.5 Å². The molecule has 1 amide bonds. The zero-order valence-electron chi connectivity index (χ0n) is 10.8. The van der Waals surface area contributed by atoms with E-state index in [1.165, 1.54) is 19.1 Å². The SMILES string of the molecule is CC(=O)Nc1ccc(S(=O)(=O)Nc2ccccc2)cc1. The monoisotopic (exact) mass is 290 g/mol. The molecule has 0 unspecified atom stereocenters. The summed E-state index contributed by atoms with van der Waals surface area (Å²) in [5.41, 5.74) is 1.05. The van der Waals surface area contributed by atoms with E-state index in [0.29, 0.717) is 11.4 Å². The van der Waals surface area contributed by atoms with Gasteiger partial charge in [-0.25, -0.2) is 8.42 Å². The van der Waals surface area contributed by atoms with Crippen molar-refractivity contribution >= 4 is 27.3 Å². The number of para-hydroxylation sites is 1. The van der Waals surface area contributed by atoms with E-state index in [-0.39, 0.29) is 10.8 Å². The molecule has 0 fully saturated rings. The Morgan fingerprint density at radius 1 is 0.900 bits per heavy atom. The topological polar surface area (TPSA) is 75.3 Å². The highest BCUT2D eigenvalue weighted by Gasteiger charge is 2.13. The van der Waals surface area contributed by atoms with Crippen LogP contribution in [-0.2, 0) is 14.8 Å². The van der Waals surface area contributed by atoms with Crippen LogP contribution < -0.4 is 10.0 Å². The maximum Gasteiger partial charge on any atom is 0.261 e. The number of anilines is 2. The van der Waals surface area contributed by atoms with Crippen molar-refractivity contribution in [2.75, 3.05) is 10.0 Å². The molecule has 20 heavy (non-hydrogen) atoms. The number of rotatable bonds is 4. The van der Waals surface area contributed by atoms with Gasteiger partial charge in [0.15, 0.2) is 0 Å². The Morgan fingerprint density at radius 2 is 1.50 bits per heavy atom. The smallest absolute Gasteiger partial charge is 0.261 e. The molecule has 0 saturated carbocycles. The first-order valence-electron chi connectivity index (χ1n) is 5.93. The molecule has 0 radical (unpaired) electrons. The molecule has 2 aromatic rings. The van der Waals surface area contributed by atoms with Crippen molar-refractivity contribution in [1.82, 2.24) is 0 Å². The predicted octanol–water partition coefficient (Wildman–Crippen LogP) is 2.45. The molecule has 0 aliphatic heterocycles. The van der Waals surface area contributed by atoms with E-state index in [0.717, 1.165) is 0 Å². The Hall–Kier alpha value is -2.34. The normalized spacial score (nSPS) is 10.8. The molecule has 2 rings (SSSR count). The Balaban J connectivity index is 2.19. The second-order valence-electron chi connectivity index (χ2n) is 4.18. The van der Waals surface area contributed by atoms with E-state index in [9.17, 15) is 13.2 Å². The van der Waals surface area contributed by atoms with Crippen molar-refractivity contribution in [2.24, 2.45) is 0 Å². The second-order valence-corrected chi connectivity index (χ2v) is 5.86. The summed E-state index contributed by atoms with van der Waals surface area (Å²) in [6.07, 6.45) is 0. The van der Waals surface area contributed by atoms with Crippen molar-refractivity contribution in [1.29, 1.82) is 0 Å². The van der Waals surface area contributed by atoms with Gasteiger partial charge in [0, 0.05) is 18.3 Å². The lowest BCUT2D eigenvalue weighted by Gasteiger charge is -2.08. The molecule has 0 saturated heterocycles. The molecule has 0 spiro atoms. The van der Waals surface area contributed by atoms with Crippen molar-refractivity contribution in [2.45, 2.75) is 11.8 Å². The van der Waals surface area contributed by atoms with Crippen LogP contribution in [0.25, 0.3) is 0 Å². The molecule has 0 aliphatic carbocycles. The first-order chi connectivity index (χ1) is 9.47. The molecule has 0 bridgehead atoms. The van der Waals surface area contributed by atoms with Crippen LogP contribution in [0, 0.1) is 0 Å². The van der Waals surface area contributed by atoms with Crippen molar-refractivity contribution in [3.63, 3.8) is 0 Å². The first-order valence-corrected chi connectivity index (χ1v) is 7.41. The molecule has 5 nitrogen and oxygen atoms in total. The maximum atomic E-state index is 12.1. The molecular formula is C14H14N2O3S. The Labute approximate surface area is 117 Å². The Morgan fingerprint density at radius 3 is 2.05 bits per heavy atom. The molecule has 2 N–H and O–H groups in total. The zero-order chi connectivity index (χ0) is 14.6. The number of hydrogen-bond donors (Lipinski definition) is 2. The summed E-state index contributed by atoms with van der Waals surface area (Å²) in [6.45, 7) is 1.39. The van der Waals surface area contributed by atoms with Gasteiger partial charge in [-0.2, -0.15) is 0 Å². The average molecular weight is 290 g/mol. The number of amides is 1. The van der Waals surface area contributed by atoms with Crippen LogP contribution in [0.2, 0.25) is 0 Å². The number of carbonyl (C=O) groups is 1. The largest absolute Gasteiger partial charge is 0.326 e. The van der Waals surface area contributed by atoms with Crippen LogP contribution in [0.5, 0.6) is 0 Å². The highest BCUT2D eigenvalue weighted by atomic mass is 32.2. The number of carbonyl (C=O) groups excluding carboxylic acids is 1. The lowest BCUT2D eigenvalue weighted by atomic mass is 10.3. The third-order valence-corrected chi connectivity index (χ3v) is 3.91. The van der Waals surface area contributed by atoms with Gasteiger partial charge in [0.1, 0.15) is 0 Å². The molecular weight excluding hydrogens is 276 g/mol. The fraction of sp³-hybridized carbons (Fsp3) is 0.0714. The van der Waals surface area contributed by atoms with E-state index in [4.69, 9.17) is 0 Å². The van der Waals surface area contributed by atoms with E-state index >= 15 is 0 Å². The Bertz CT molecular complexity index is 695. The summed E-state index contributed by atoms with van der Waals surface area (Å²) in [5.74, 6) is -0.206. The fourth-order valence-corrected chi connectivity index (χ4v) is 2.70. The van der Waals surface area contributed by atoms with Crippen LogP contribution in [0.1, 0.15) is 6.92 Å². The van der Waals surface area contributed by atoms with Crippen LogP contribution >= 0.6 is 0 Å². The summed E-state index contributed by atoms with van der Waals surface area (Å²) in [5, 5.41) is 2.58. The predicted molar refractivity (Wildman–Crippen MR) is 78.0 cm³/mol. The van der Waals surface area contributed by atoms with Gasteiger partial charge in [-0.05, 0) is 36.4 Å². The van der Waals surface area contributed by atoms with Crippen molar-refractivity contribution < 1.29 is 13.2 Å². The maximum absolute atomic E-state index is 12.1. The second kappa shape index (κ2) is 5.75. The lowest BCUT2D eigenvalue weighted by Crippen LogP contribution is -2.13. The fourth-order valence-electron chi connectivity index (χ4n) is 1.64. The van der Waals surface area contributed by atoms with Crippen LogP contribution in [-0.4, -0.2) is 14.3 Å². The third-order valence-electron chi connectivity index (χ3n) is 2.51. The van der Waals surface area contributed by atoms with Crippen LogP contribution in [0.3, 0.4) is 0 Å². The molecule has 0 aliphatic rings. The number of hydrogen-bond acceptors (Lipinski definition) is 3. The van der Waals surface area contributed by atoms with E-state index in [2.05, 4.69) is 10.0 Å². The molecule has 2 aromatic carbocycles. The van der Waals surface area contributed by atoms with Gasteiger partial charge in [-0.1, -0.05) is 18.2 Å². The van der Waals surface area contributed by atoms with E-state index in [1.807, 2.05) is 0 Å². The Kier molecular flexibility index (Phi) is 4.05. The van der Waals surface area contributed by atoms with Crippen molar-refractivity contribution in [3.8, 4) is 0 Å². The van der Waals surface area contributed by atoms with Gasteiger partial charge < -0.3 is 5.32 Å². The van der Waals surface area contributed by atoms with Gasteiger partial charge in [-0.15, -0.1) is 0 Å². The third kappa shape index (κ3) is 3.58. The van der Waals surface area contributed by atoms with Gasteiger partial charge in [0.2, 0.25) is 5.91 Å². The minimum absolute atomic E-state index is 0.135. The molecule has 0 atom stereocenters. The highest BCUT2D eigenvalue weighted by molar-refractivity contribution is 7.92. The average Bonchev–Trinajstić information content (AvgIpc) is 2.39. The minimum atomic E-state index is -3.62. The quantitative estimate of drug-likeness (QED) is 0.908. The molecule has 0 aromatic heterocycles. The summed E-state index contributed by atoms with van der Waals surface area (Å²) >= 11 is 0. The van der Waals surface area contributed by atoms with Gasteiger partial charge in [0.05, 0.1) is 4.90 Å². The van der Waals surface area contributed by atoms with E-state index in [1.54, 1.807) is 42.5 Å². The number of nitrogens with one attached hydrogen (secondary N) is 2. The highest BCUT2D eigenvalue weighted by Crippen LogP contribution is 2.17. The van der Waals surface area contributed by atoms with E-state index < -0.39 is 10.0 Å².